The summed E-state index contributed by atoms with van der Waals surface area (Å²) in [5.74, 6) is 0. The van der Waals surface area contributed by atoms with Crippen molar-refractivity contribution in [3.05, 3.63) is 0 Å². The van der Waals surface area contributed by atoms with Crippen LogP contribution in [-0.4, -0.2) is 16.2 Å². The van der Waals surface area contributed by atoms with Crippen molar-refractivity contribution in [3.8, 4) is 0 Å². The molecule has 0 unspecified atom stereocenters. The van der Waals surface area contributed by atoms with Gasteiger partial charge in [-0.05, 0) is 13.8 Å². The fourth-order valence-corrected chi connectivity index (χ4v) is 0.540. The van der Waals surface area contributed by atoms with E-state index in [0.29, 0.717) is 6.01 Å². The molecule has 0 aliphatic heterocycles. The second-order valence-electron chi connectivity index (χ2n) is 2.24. The third kappa shape index (κ3) is 1.61. The van der Waals surface area contributed by atoms with E-state index in [1.165, 1.54) is 0 Å². The van der Waals surface area contributed by atoms with Crippen LogP contribution in [0.5, 0.6) is 0 Å². The van der Waals surface area contributed by atoms with Crippen molar-refractivity contribution in [3.63, 3.8) is 0 Å². The summed E-state index contributed by atoms with van der Waals surface area (Å²) in [6, 6.07) is 0.732. The van der Waals surface area contributed by atoms with E-state index in [-0.39, 0.29) is 12.1 Å². The number of nitrogens with one attached hydrogen (secondary N) is 1. The number of anilines is 2. The second kappa shape index (κ2) is 2.55. The second-order valence-corrected chi connectivity index (χ2v) is 2.24. The maximum absolute atomic E-state index is 5.17. The lowest BCUT2D eigenvalue weighted by molar-refractivity contribution is 0.580. The Hall–Kier alpha value is -1.26. The molecule has 0 spiro atoms. The van der Waals surface area contributed by atoms with Crippen LogP contribution >= 0.6 is 0 Å². The first-order chi connectivity index (χ1) is 4.68. The van der Waals surface area contributed by atoms with E-state index in [9.17, 15) is 0 Å². The van der Waals surface area contributed by atoms with Gasteiger partial charge in [0.1, 0.15) is 0 Å². The maximum atomic E-state index is 5.17. The Labute approximate surface area is 58.6 Å². The molecule has 0 saturated heterocycles. The van der Waals surface area contributed by atoms with E-state index in [2.05, 4.69) is 15.5 Å². The summed E-state index contributed by atoms with van der Waals surface area (Å²) < 4.78 is 4.84. The van der Waals surface area contributed by atoms with Crippen LogP contribution in [-0.2, 0) is 0 Å². The van der Waals surface area contributed by atoms with Crippen LogP contribution < -0.4 is 11.1 Å². The topological polar surface area (TPSA) is 77.0 Å². The van der Waals surface area contributed by atoms with Gasteiger partial charge in [0.25, 0.3) is 0 Å². The Bertz CT molecular complexity index is 207. The van der Waals surface area contributed by atoms with Gasteiger partial charge in [0, 0.05) is 6.04 Å². The van der Waals surface area contributed by atoms with E-state index >= 15 is 0 Å². The van der Waals surface area contributed by atoms with Crippen LogP contribution in [0.15, 0.2) is 4.42 Å². The number of hydrogen-bond donors (Lipinski definition) is 2. The molecule has 1 heterocycles. The summed E-state index contributed by atoms with van der Waals surface area (Å²) in [7, 11) is 0. The van der Waals surface area contributed by atoms with Crippen LogP contribution in [0.1, 0.15) is 13.8 Å². The van der Waals surface area contributed by atoms with Crippen molar-refractivity contribution in [1.82, 2.24) is 10.2 Å². The highest BCUT2D eigenvalue weighted by Crippen LogP contribution is 2.06. The zero-order valence-electron chi connectivity index (χ0n) is 5.96. The number of nitrogen functional groups attached to an aromatic ring is 1. The number of hydrogen-bond acceptors (Lipinski definition) is 5. The molecule has 0 aliphatic rings. The number of nitrogens with two attached hydrogens (primary N) is 1. The third-order valence-corrected chi connectivity index (χ3v) is 0.853. The average Bonchev–Trinajstić information content (AvgIpc) is 2.13. The molecule has 1 aromatic rings. The lowest BCUT2D eigenvalue weighted by Gasteiger charge is -2.01. The molecule has 0 fully saturated rings. The van der Waals surface area contributed by atoms with E-state index in [1.54, 1.807) is 0 Å². The maximum Gasteiger partial charge on any atom is 0.317 e. The molecular weight excluding hydrogens is 132 g/mol. The SMILES string of the molecule is CC(C)Nc1nnc(N)o1. The molecule has 3 N–H and O–H groups in total. The standard InChI is InChI=1S/C5H10N4O/c1-3(2)7-5-9-8-4(6)10-5/h3H,1-2H3,(H2,6,8)(H,7,9). The van der Waals surface area contributed by atoms with E-state index in [0.717, 1.165) is 0 Å². The average molecular weight is 142 g/mol. The largest absolute Gasteiger partial charge is 0.390 e. The van der Waals surface area contributed by atoms with Crippen LogP contribution in [0.25, 0.3) is 0 Å². The molecule has 0 radical (unpaired) electrons. The van der Waals surface area contributed by atoms with E-state index in [1.807, 2.05) is 13.8 Å². The predicted octanol–water partition coefficient (Wildman–Crippen LogP) is 0.472. The van der Waals surface area contributed by atoms with Gasteiger partial charge in [-0.25, -0.2) is 0 Å². The van der Waals surface area contributed by atoms with Crippen molar-refractivity contribution in [2.45, 2.75) is 19.9 Å². The molecule has 1 aromatic heterocycles. The van der Waals surface area contributed by atoms with Crippen LogP contribution in [0.4, 0.5) is 12.0 Å². The highest BCUT2D eigenvalue weighted by atomic mass is 16.4. The molecule has 5 heteroatoms. The summed E-state index contributed by atoms with van der Waals surface area (Å²) in [5, 5.41) is 9.98. The molecular formula is C5H10N4O. The summed E-state index contributed by atoms with van der Waals surface area (Å²) in [5.41, 5.74) is 5.17. The summed E-state index contributed by atoms with van der Waals surface area (Å²) in [6.45, 7) is 3.95. The minimum Gasteiger partial charge on any atom is -0.390 e. The Balaban J connectivity index is 2.58. The van der Waals surface area contributed by atoms with Gasteiger partial charge in [-0.1, -0.05) is 10.2 Å². The van der Waals surface area contributed by atoms with E-state index in [4.69, 9.17) is 10.2 Å². The Morgan fingerprint density at radius 3 is 2.60 bits per heavy atom. The van der Waals surface area contributed by atoms with Gasteiger partial charge in [0.05, 0.1) is 0 Å². The van der Waals surface area contributed by atoms with Gasteiger partial charge in [-0.3, -0.25) is 0 Å². The van der Waals surface area contributed by atoms with Gasteiger partial charge in [-0.2, -0.15) is 0 Å². The number of nitrogens with zero attached hydrogens (tertiary/aromatic N) is 2. The smallest absolute Gasteiger partial charge is 0.317 e. The van der Waals surface area contributed by atoms with Crippen molar-refractivity contribution < 1.29 is 4.42 Å². The van der Waals surface area contributed by atoms with E-state index < -0.39 is 0 Å². The quantitative estimate of drug-likeness (QED) is 0.627. The van der Waals surface area contributed by atoms with Gasteiger partial charge in [0.2, 0.25) is 0 Å². The molecule has 5 nitrogen and oxygen atoms in total. The Morgan fingerprint density at radius 1 is 1.50 bits per heavy atom. The molecule has 0 aliphatic carbocycles. The van der Waals surface area contributed by atoms with Gasteiger partial charge >= 0.3 is 12.0 Å². The lowest BCUT2D eigenvalue weighted by Crippen LogP contribution is -2.09. The lowest BCUT2D eigenvalue weighted by atomic mass is 10.4. The number of aromatic nitrogens is 2. The van der Waals surface area contributed by atoms with Crippen molar-refractivity contribution in [1.29, 1.82) is 0 Å². The predicted molar refractivity (Wildman–Crippen MR) is 37.5 cm³/mol. The highest BCUT2D eigenvalue weighted by molar-refractivity contribution is 5.23. The molecule has 0 saturated carbocycles. The van der Waals surface area contributed by atoms with Gasteiger partial charge in [-0.15, -0.1) is 0 Å². The molecule has 0 bridgehead atoms. The fraction of sp³-hybridized carbons (Fsp3) is 0.600. The third-order valence-electron chi connectivity index (χ3n) is 0.853. The fourth-order valence-electron chi connectivity index (χ4n) is 0.540. The van der Waals surface area contributed by atoms with Crippen molar-refractivity contribution in [2.75, 3.05) is 11.1 Å². The first-order valence-electron chi connectivity index (χ1n) is 3.04. The summed E-state index contributed by atoms with van der Waals surface area (Å²) in [4.78, 5) is 0. The first-order valence-corrected chi connectivity index (χ1v) is 3.04. The zero-order chi connectivity index (χ0) is 7.56. The molecule has 1 rings (SSSR count). The van der Waals surface area contributed by atoms with Gasteiger partial charge in [0.15, 0.2) is 0 Å². The first kappa shape index (κ1) is 6.85. The van der Waals surface area contributed by atoms with Gasteiger partial charge < -0.3 is 15.5 Å². The van der Waals surface area contributed by atoms with Crippen LogP contribution in [0.3, 0.4) is 0 Å². The molecule has 10 heavy (non-hydrogen) atoms. The van der Waals surface area contributed by atoms with Crippen LogP contribution in [0.2, 0.25) is 0 Å². The summed E-state index contributed by atoms with van der Waals surface area (Å²) >= 11 is 0. The minimum absolute atomic E-state index is 0.0863. The molecule has 56 valence electrons. The Kier molecular flexibility index (Phi) is 1.75. The number of rotatable bonds is 2. The molecule has 0 atom stereocenters. The van der Waals surface area contributed by atoms with Crippen LogP contribution in [0, 0.1) is 0 Å². The van der Waals surface area contributed by atoms with Crippen molar-refractivity contribution >= 4 is 12.0 Å². The molecule has 0 aromatic carbocycles. The zero-order valence-corrected chi connectivity index (χ0v) is 5.96. The normalized spacial score (nSPS) is 10.3. The van der Waals surface area contributed by atoms with Crippen molar-refractivity contribution in [2.24, 2.45) is 0 Å². The molecule has 0 amide bonds. The highest BCUT2D eigenvalue weighted by Gasteiger charge is 2.01. The minimum atomic E-state index is 0.0863. The summed E-state index contributed by atoms with van der Waals surface area (Å²) in [6.07, 6.45) is 0. The monoisotopic (exact) mass is 142 g/mol. The Morgan fingerprint density at radius 2 is 2.20 bits per heavy atom.